The molecule has 2 aromatic carbocycles. The first-order chi connectivity index (χ1) is 12.3. The molecule has 1 aromatic heterocycles. The third-order valence-corrected chi connectivity index (χ3v) is 5.88. The van der Waals surface area contributed by atoms with Crippen molar-refractivity contribution in [2.24, 2.45) is 0 Å². The molecule has 0 aliphatic carbocycles. The third kappa shape index (κ3) is 3.49. The number of rotatable bonds is 2. The number of hydrogen-bond acceptors (Lipinski definition) is 2. The number of nitriles is 1. The summed E-state index contributed by atoms with van der Waals surface area (Å²) in [6.07, 6.45) is 1.48. The maximum absolute atomic E-state index is 9.61. The highest BCUT2D eigenvalue weighted by Gasteiger charge is 2.19. The van der Waals surface area contributed by atoms with Crippen LogP contribution in [0.4, 0.5) is 0 Å². The van der Waals surface area contributed by atoms with E-state index in [0.29, 0.717) is 42.5 Å². The van der Waals surface area contributed by atoms with Gasteiger partial charge in [-0.1, -0.05) is 69.6 Å². The fourth-order valence-electron chi connectivity index (χ4n) is 2.42. The molecular weight excluding hydrogens is 457 g/mol. The topological polar surface area (TPSA) is 36.7 Å². The van der Waals surface area contributed by atoms with Crippen molar-refractivity contribution >= 4 is 69.6 Å². The van der Waals surface area contributed by atoms with Gasteiger partial charge in [-0.2, -0.15) is 5.26 Å². The smallest absolute Gasteiger partial charge is 0.0999 e. The van der Waals surface area contributed by atoms with Crippen molar-refractivity contribution in [3.05, 3.63) is 72.2 Å². The Morgan fingerprint density at radius 3 is 1.81 bits per heavy atom. The quantitative estimate of drug-likeness (QED) is 0.360. The van der Waals surface area contributed by atoms with Crippen LogP contribution in [0.2, 0.25) is 30.1 Å². The van der Waals surface area contributed by atoms with Gasteiger partial charge < -0.3 is 0 Å². The Kier molecular flexibility index (Phi) is 5.89. The molecule has 0 amide bonds. The number of pyridine rings is 1. The van der Waals surface area contributed by atoms with Crippen LogP contribution in [0, 0.1) is 11.3 Å². The minimum absolute atomic E-state index is 0.240. The molecule has 0 saturated carbocycles. The van der Waals surface area contributed by atoms with Crippen molar-refractivity contribution in [1.29, 1.82) is 5.26 Å². The molecule has 0 saturated heterocycles. The predicted molar refractivity (Wildman–Crippen MR) is 110 cm³/mol. The first kappa shape index (κ1) is 19.6. The third-order valence-electron chi connectivity index (χ3n) is 3.64. The summed E-state index contributed by atoms with van der Waals surface area (Å²) in [5, 5.41) is 11.5. The van der Waals surface area contributed by atoms with Crippen LogP contribution in [-0.4, -0.2) is 4.98 Å². The molecule has 3 aromatic rings. The lowest BCUT2D eigenvalue weighted by molar-refractivity contribution is 1.31. The van der Waals surface area contributed by atoms with Crippen molar-refractivity contribution in [2.75, 3.05) is 0 Å². The molecule has 0 atom stereocenters. The van der Waals surface area contributed by atoms with Crippen LogP contribution >= 0.6 is 69.6 Å². The lowest BCUT2D eigenvalue weighted by Gasteiger charge is -2.13. The Morgan fingerprint density at radius 1 is 0.731 bits per heavy atom. The SMILES string of the molecule is N#Cc1cc(-c2c(Cl)ccc(Cl)c2Cl)ncc1-c1c(Cl)ccc(Cl)c1Cl. The fourth-order valence-corrected chi connectivity index (χ4v) is 3.87. The minimum atomic E-state index is 0.240. The van der Waals surface area contributed by atoms with E-state index >= 15 is 0 Å². The van der Waals surface area contributed by atoms with Gasteiger partial charge in [-0.3, -0.25) is 4.98 Å². The number of aromatic nitrogens is 1. The van der Waals surface area contributed by atoms with Crippen molar-refractivity contribution < 1.29 is 0 Å². The van der Waals surface area contributed by atoms with E-state index in [1.165, 1.54) is 6.20 Å². The average molecular weight is 463 g/mol. The van der Waals surface area contributed by atoms with Gasteiger partial charge in [0.1, 0.15) is 0 Å². The van der Waals surface area contributed by atoms with E-state index in [1.54, 1.807) is 30.3 Å². The van der Waals surface area contributed by atoms with Gasteiger partial charge in [0.25, 0.3) is 0 Å². The molecule has 0 aliphatic heterocycles. The molecule has 1 heterocycles. The summed E-state index contributed by atoms with van der Waals surface area (Å²) < 4.78 is 0. The van der Waals surface area contributed by atoms with Crippen LogP contribution in [0.1, 0.15) is 5.56 Å². The predicted octanol–water partition coefficient (Wildman–Crippen LogP) is 8.21. The molecular formula is C18H6Cl6N2. The Hall–Kier alpha value is -1.18. The summed E-state index contributed by atoms with van der Waals surface area (Å²) in [6.45, 7) is 0. The summed E-state index contributed by atoms with van der Waals surface area (Å²) >= 11 is 37.2. The molecule has 8 heteroatoms. The van der Waals surface area contributed by atoms with E-state index in [1.807, 2.05) is 0 Å². The van der Waals surface area contributed by atoms with Crippen molar-refractivity contribution in [2.45, 2.75) is 0 Å². The van der Waals surface area contributed by atoms with Crippen molar-refractivity contribution in [1.82, 2.24) is 4.98 Å². The zero-order valence-electron chi connectivity index (χ0n) is 12.6. The summed E-state index contributed by atoms with van der Waals surface area (Å²) in [4.78, 5) is 4.37. The highest BCUT2D eigenvalue weighted by Crippen LogP contribution is 2.42. The number of hydrogen-bond donors (Lipinski definition) is 0. The van der Waals surface area contributed by atoms with E-state index in [9.17, 15) is 5.26 Å². The molecule has 0 bridgehead atoms. The second kappa shape index (κ2) is 7.82. The van der Waals surface area contributed by atoms with Crippen molar-refractivity contribution in [3.63, 3.8) is 0 Å². The van der Waals surface area contributed by atoms with Crippen LogP contribution in [0.25, 0.3) is 22.4 Å². The van der Waals surface area contributed by atoms with E-state index < -0.39 is 0 Å². The largest absolute Gasteiger partial charge is 0.255 e. The highest BCUT2D eigenvalue weighted by molar-refractivity contribution is 6.47. The summed E-state index contributed by atoms with van der Waals surface area (Å²) in [7, 11) is 0. The maximum Gasteiger partial charge on any atom is 0.0999 e. The molecule has 0 spiro atoms. The number of benzene rings is 2. The molecule has 3 rings (SSSR count). The number of halogens is 6. The molecule has 0 fully saturated rings. The molecule has 130 valence electrons. The van der Waals surface area contributed by atoms with Crippen molar-refractivity contribution in [3.8, 4) is 28.5 Å². The second-order valence-corrected chi connectivity index (χ2v) is 7.55. The van der Waals surface area contributed by atoms with E-state index in [2.05, 4.69) is 11.1 Å². The van der Waals surface area contributed by atoms with Crippen LogP contribution in [0.3, 0.4) is 0 Å². The van der Waals surface area contributed by atoms with Gasteiger partial charge in [-0.15, -0.1) is 0 Å². The van der Waals surface area contributed by atoms with Crippen LogP contribution in [0.15, 0.2) is 36.5 Å². The van der Waals surface area contributed by atoms with Gasteiger partial charge in [-0.05, 0) is 30.3 Å². The molecule has 0 N–H and O–H groups in total. The van der Waals surface area contributed by atoms with E-state index in [0.717, 1.165) is 0 Å². The zero-order valence-corrected chi connectivity index (χ0v) is 17.2. The average Bonchev–Trinajstić information content (AvgIpc) is 2.63. The summed E-state index contributed by atoms with van der Waals surface area (Å²) in [5.41, 5.74) is 2.00. The van der Waals surface area contributed by atoms with Crippen LogP contribution in [-0.2, 0) is 0 Å². The standard InChI is InChI=1S/C18H6Cl6N2/c19-10-1-3-12(21)17(23)15(10)9-7-26-14(5-8(9)6-25)16-11(20)2-4-13(22)18(16)24/h1-5,7H. The normalized spacial score (nSPS) is 10.7. The maximum atomic E-state index is 9.61. The summed E-state index contributed by atoms with van der Waals surface area (Å²) in [5.74, 6) is 0. The van der Waals surface area contributed by atoms with Gasteiger partial charge in [0.2, 0.25) is 0 Å². The van der Waals surface area contributed by atoms with E-state index in [4.69, 9.17) is 69.6 Å². The first-order valence-electron chi connectivity index (χ1n) is 7.03. The Labute approximate surface area is 179 Å². The Balaban J connectivity index is 2.26. The van der Waals surface area contributed by atoms with Gasteiger partial charge in [0.05, 0.1) is 47.5 Å². The molecule has 0 radical (unpaired) electrons. The van der Waals surface area contributed by atoms with Gasteiger partial charge in [-0.25, -0.2) is 0 Å². The Bertz CT molecular complexity index is 1070. The second-order valence-electron chi connectivity index (χ2n) is 5.16. The molecule has 2 nitrogen and oxygen atoms in total. The molecule has 0 unspecified atom stereocenters. The lowest BCUT2D eigenvalue weighted by Crippen LogP contribution is -1.94. The minimum Gasteiger partial charge on any atom is -0.255 e. The fraction of sp³-hybridized carbons (Fsp3) is 0. The van der Waals surface area contributed by atoms with E-state index in [-0.39, 0.29) is 15.6 Å². The molecule has 26 heavy (non-hydrogen) atoms. The zero-order chi connectivity index (χ0) is 19.0. The van der Waals surface area contributed by atoms with Gasteiger partial charge >= 0.3 is 0 Å². The summed E-state index contributed by atoms with van der Waals surface area (Å²) in [6, 6.07) is 10.0. The first-order valence-corrected chi connectivity index (χ1v) is 9.29. The highest BCUT2D eigenvalue weighted by atomic mass is 35.5. The monoisotopic (exact) mass is 460 g/mol. The van der Waals surface area contributed by atoms with Gasteiger partial charge in [0, 0.05) is 22.9 Å². The molecule has 0 aliphatic rings. The van der Waals surface area contributed by atoms with Crippen LogP contribution < -0.4 is 0 Å². The van der Waals surface area contributed by atoms with Crippen LogP contribution in [0.5, 0.6) is 0 Å². The van der Waals surface area contributed by atoms with Gasteiger partial charge in [0.15, 0.2) is 0 Å². The lowest BCUT2D eigenvalue weighted by atomic mass is 10.00. The number of nitrogens with zero attached hydrogens (tertiary/aromatic N) is 2. The Morgan fingerprint density at radius 2 is 1.23 bits per heavy atom.